The third kappa shape index (κ3) is 5.42. The van der Waals surface area contributed by atoms with Gasteiger partial charge in [0.05, 0.1) is 22.3 Å². The van der Waals surface area contributed by atoms with Gasteiger partial charge < -0.3 is 5.32 Å². The Balaban J connectivity index is 1.76. The molecule has 1 unspecified atom stereocenters. The predicted molar refractivity (Wildman–Crippen MR) is 142 cm³/mol. The summed E-state index contributed by atoms with van der Waals surface area (Å²) < 4.78 is 1.97. The van der Waals surface area contributed by atoms with Gasteiger partial charge in [-0.25, -0.2) is 4.68 Å². The van der Waals surface area contributed by atoms with Gasteiger partial charge in [0.15, 0.2) is 5.82 Å². The molecular weight excluding hydrogens is 489 g/mol. The molecule has 0 radical (unpaired) electrons. The highest BCUT2D eigenvalue weighted by molar-refractivity contribution is 6.35. The second-order valence-electron chi connectivity index (χ2n) is 10.0. The number of tetrazole rings is 1. The zero-order valence-electron chi connectivity index (χ0n) is 19.7. The van der Waals surface area contributed by atoms with Gasteiger partial charge in [0.25, 0.3) is 0 Å². The summed E-state index contributed by atoms with van der Waals surface area (Å²) in [4.78, 5) is 0. The molecule has 0 aliphatic heterocycles. The molecule has 1 fully saturated rings. The molecule has 1 N–H and O–H groups in total. The highest BCUT2D eigenvalue weighted by atomic mass is 35.5. The monoisotopic (exact) mass is 517 g/mol. The molecule has 1 aromatic heterocycles. The normalized spacial score (nSPS) is 17.1. The molecule has 1 heterocycles. The van der Waals surface area contributed by atoms with E-state index in [1.54, 1.807) is 6.07 Å². The highest BCUT2D eigenvalue weighted by Gasteiger charge is 2.41. The minimum atomic E-state index is -0.401. The van der Waals surface area contributed by atoms with Crippen LogP contribution in [0.5, 0.6) is 0 Å². The van der Waals surface area contributed by atoms with Gasteiger partial charge in [-0.05, 0) is 58.5 Å². The lowest BCUT2D eigenvalue weighted by atomic mass is 9.79. The summed E-state index contributed by atoms with van der Waals surface area (Å²) in [6.07, 6.45) is 9.41. The first kappa shape index (κ1) is 25.0. The van der Waals surface area contributed by atoms with Crippen molar-refractivity contribution in [3.63, 3.8) is 0 Å². The third-order valence-corrected chi connectivity index (χ3v) is 7.34. The van der Waals surface area contributed by atoms with Gasteiger partial charge >= 0.3 is 0 Å². The number of hydrogen-bond donors (Lipinski definition) is 1. The van der Waals surface area contributed by atoms with E-state index >= 15 is 0 Å². The topological polar surface area (TPSA) is 55.6 Å². The molecule has 2 aromatic carbocycles. The number of benzene rings is 2. The van der Waals surface area contributed by atoms with Gasteiger partial charge in [-0.15, -0.1) is 5.10 Å². The predicted octanol–water partition coefficient (Wildman–Crippen LogP) is 8.21. The maximum absolute atomic E-state index is 6.53. The van der Waals surface area contributed by atoms with E-state index in [1.165, 1.54) is 6.42 Å². The standard InChI is InChI=1S/C26H30Cl3N5/c1-25(2,3)23(14-12-18-11-13-19(27)17-21(18)29)34-24(31-32-33-34)26(15-7-4-8-16-26)30-22-10-6-5-9-20(22)28/h5-6,9-14,17,23,30H,4,7-8,15-16H2,1-3H3. The zero-order valence-corrected chi connectivity index (χ0v) is 22.0. The fourth-order valence-electron chi connectivity index (χ4n) is 4.64. The molecule has 5 nitrogen and oxygen atoms in total. The van der Waals surface area contributed by atoms with Crippen molar-refractivity contribution in [3.8, 4) is 0 Å². The van der Waals surface area contributed by atoms with Crippen molar-refractivity contribution in [2.45, 2.75) is 64.5 Å². The number of rotatable bonds is 6. The minimum Gasteiger partial charge on any atom is -0.371 e. The number of nitrogens with one attached hydrogen (secondary N) is 1. The fraction of sp³-hybridized carbons (Fsp3) is 0.423. The summed E-state index contributed by atoms with van der Waals surface area (Å²) >= 11 is 19.0. The summed E-state index contributed by atoms with van der Waals surface area (Å²) in [5.74, 6) is 0.832. The summed E-state index contributed by atoms with van der Waals surface area (Å²) in [5, 5.41) is 18.9. The summed E-state index contributed by atoms with van der Waals surface area (Å²) in [6.45, 7) is 6.56. The Hall–Kier alpha value is -2.08. The van der Waals surface area contributed by atoms with E-state index in [2.05, 4.69) is 47.7 Å². The number of hydrogen-bond acceptors (Lipinski definition) is 4. The van der Waals surface area contributed by atoms with Crippen molar-refractivity contribution in [3.05, 3.63) is 75.0 Å². The van der Waals surface area contributed by atoms with Crippen LogP contribution in [0.25, 0.3) is 6.08 Å². The van der Waals surface area contributed by atoms with E-state index < -0.39 is 5.54 Å². The number of anilines is 1. The van der Waals surface area contributed by atoms with Crippen LogP contribution in [-0.2, 0) is 5.54 Å². The fourth-order valence-corrected chi connectivity index (χ4v) is 5.30. The quantitative estimate of drug-likeness (QED) is 0.357. The maximum Gasteiger partial charge on any atom is 0.177 e. The molecule has 0 amide bonds. The second-order valence-corrected chi connectivity index (χ2v) is 11.3. The van der Waals surface area contributed by atoms with Crippen LogP contribution >= 0.6 is 34.8 Å². The number of para-hydroxylation sites is 1. The first-order valence-electron chi connectivity index (χ1n) is 11.6. The Labute approximate surface area is 216 Å². The SMILES string of the molecule is CC(C)(C)C(C=Cc1ccc(Cl)cc1Cl)n1nnnc1C1(Nc2ccccc2Cl)CCCCC1. The van der Waals surface area contributed by atoms with Crippen molar-refractivity contribution >= 4 is 46.6 Å². The van der Waals surface area contributed by atoms with Crippen LogP contribution in [0.4, 0.5) is 5.69 Å². The summed E-state index contributed by atoms with van der Waals surface area (Å²) in [6, 6.07) is 13.3. The lowest BCUT2D eigenvalue weighted by Gasteiger charge is -2.40. The molecule has 3 aromatic rings. The number of aromatic nitrogens is 4. The molecule has 4 rings (SSSR count). The van der Waals surface area contributed by atoms with Crippen LogP contribution in [0, 0.1) is 5.41 Å². The lowest BCUT2D eigenvalue weighted by Crippen LogP contribution is -2.42. The lowest BCUT2D eigenvalue weighted by molar-refractivity contribution is 0.237. The largest absolute Gasteiger partial charge is 0.371 e. The second kappa shape index (κ2) is 10.3. The Kier molecular flexibility index (Phi) is 7.56. The van der Waals surface area contributed by atoms with E-state index in [0.29, 0.717) is 15.1 Å². The van der Waals surface area contributed by atoms with E-state index in [-0.39, 0.29) is 11.5 Å². The van der Waals surface area contributed by atoms with Gasteiger partial charge in [-0.3, -0.25) is 0 Å². The summed E-state index contributed by atoms with van der Waals surface area (Å²) in [5.41, 5.74) is 1.25. The Morgan fingerprint density at radius 3 is 2.41 bits per heavy atom. The Morgan fingerprint density at radius 1 is 1.00 bits per heavy atom. The molecule has 1 saturated carbocycles. The van der Waals surface area contributed by atoms with Crippen molar-refractivity contribution in [1.29, 1.82) is 0 Å². The van der Waals surface area contributed by atoms with Crippen LogP contribution in [0.2, 0.25) is 15.1 Å². The molecule has 0 spiro atoms. The molecule has 8 heteroatoms. The first-order chi connectivity index (χ1) is 16.2. The van der Waals surface area contributed by atoms with Crippen LogP contribution in [0.1, 0.15) is 70.3 Å². The van der Waals surface area contributed by atoms with Crippen LogP contribution in [-0.4, -0.2) is 20.2 Å². The molecule has 1 atom stereocenters. The van der Waals surface area contributed by atoms with Gasteiger partial charge in [0.2, 0.25) is 0 Å². The van der Waals surface area contributed by atoms with Crippen molar-refractivity contribution in [2.75, 3.05) is 5.32 Å². The Morgan fingerprint density at radius 2 is 1.74 bits per heavy atom. The molecule has 0 bridgehead atoms. The Bertz CT molecular complexity index is 1160. The maximum atomic E-state index is 6.53. The smallest absolute Gasteiger partial charge is 0.177 e. The van der Waals surface area contributed by atoms with E-state index in [1.807, 2.05) is 47.2 Å². The van der Waals surface area contributed by atoms with Crippen molar-refractivity contribution in [2.24, 2.45) is 5.41 Å². The number of nitrogens with zero attached hydrogens (tertiary/aromatic N) is 4. The molecule has 1 aliphatic rings. The van der Waals surface area contributed by atoms with Gasteiger partial charge in [-0.2, -0.15) is 0 Å². The van der Waals surface area contributed by atoms with Crippen molar-refractivity contribution < 1.29 is 0 Å². The molecule has 34 heavy (non-hydrogen) atoms. The van der Waals surface area contributed by atoms with Gasteiger partial charge in [0.1, 0.15) is 0 Å². The van der Waals surface area contributed by atoms with E-state index in [4.69, 9.17) is 34.8 Å². The van der Waals surface area contributed by atoms with Crippen LogP contribution < -0.4 is 5.32 Å². The number of allylic oxidation sites excluding steroid dienone is 1. The van der Waals surface area contributed by atoms with Crippen molar-refractivity contribution in [1.82, 2.24) is 20.2 Å². The highest BCUT2D eigenvalue weighted by Crippen LogP contribution is 2.43. The van der Waals surface area contributed by atoms with Gasteiger partial charge in [0, 0.05) is 10.0 Å². The number of halogens is 3. The molecule has 1 aliphatic carbocycles. The molecule has 180 valence electrons. The zero-order chi connectivity index (χ0) is 24.3. The molecule has 0 saturated heterocycles. The first-order valence-corrected chi connectivity index (χ1v) is 12.8. The molecular formula is C26H30Cl3N5. The van der Waals surface area contributed by atoms with E-state index in [0.717, 1.165) is 42.8 Å². The van der Waals surface area contributed by atoms with E-state index in [9.17, 15) is 0 Å². The van der Waals surface area contributed by atoms with Gasteiger partial charge in [-0.1, -0.05) is 105 Å². The minimum absolute atomic E-state index is 0.101. The van der Waals surface area contributed by atoms with Crippen LogP contribution in [0.3, 0.4) is 0 Å². The van der Waals surface area contributed by atoms with Crippen LogP contribution in [0.15, 0.2) is 48.5 Å². The third-order valence-electron chi connectivity index (χ3n) is 6.45. The summed E-state index contributed by atoms with van der Waals surface area (Å²) in [7, 11) is 0. The average molecular weight is 519 g/mol. The average Bonchev–Trinajstić information content (AvgIpc) is 3.27.